The Morgan fingerprint density at radius 3 is 3.08 bits per heavy atom. The fourth-order valence-corrected chi connectivity index (χ4v) is 1.40. The molecule has 1 aliphatic rings. The Morgan fingerprint density at radius 1 is 1.69 bits per heavy atom. The molecule has 13 heavy (non-hydrogen) atoms. The summed E-state index contributed by atoms with van der Waals surface area (Å²) in [5, 5.41) is 13.2. The lowest BCUT2D eigenvalue weighted by molar-refractivity contribution is -0.117. The number of aromatic amines is 1. The van der Waals surface area contributed by atoms with Gasteiger partial charge in [0, 0.05) is 13.0 Å². The van der Waals surface area contributed by atoms with Crippen molar-refractivity contribution in [3.63, 3.8) is 0 Å². The summed E-state index contributed by atoms with van der Waals surface area (Å²) < 4.78 is 0. The SMILES string of the molecule is NCC1CC(=O)N(c2nn[nH]n2)C1. The number of hydrogen-bond donors (Lipinski definition) is 2. The maximum atomic E-state index is 11.4. The largest absolute Gasteiger partial charge is 0.330 e. The van der Waals surface area contributed by atoms with Gasteiger partial charge in [-0.15, -0.1) is 5.10 Å². The number of anilines is 1. The van der Waals surface area contributed by atoms with Crippen LogP contribution in [0.25, 0.3) is 0 Å². The van der Waals surface area contributed by atoms with Gasteiger partial charge in [-0.2, -0.15) is 5.21 Å². The first-order valence-electron chi connectivity index (χ1n) is 4.05. The average Bonchev–Trinajstić information content (AvgIpc) is 2.72. The Morgan fingerprint density at radius 2 is 2.54 bits per heavy atom. The molecule has 0 aromatic carbocycles. The summed E-state index contributed by atoms with van der Waals surface area (Å²) in [5.74, 6) is 0.559. The molecule has 0 saturated carbocycles. The standard InChI is InChI=1S/C6H10N6O/c7-2-4-1-5(13)12(3-4)6-8-10-11-9-6/h4H,1-3,7H2,(H,8,9,10,11). The summed E-state index contributed by atoms with van der Waals surface area (Å²) in [5.41, 5.74) is 5.47. The molecule has 0 spiro atoms. The van der Waals surface area contributed by atoms with Crippen molar-refractivity contribution in [2.45, 2.75) is 6.42 Å². The summed E-state index contributed by atoms with van der Waals surface area (Å²) in [6.07, 6.45) is 0.477. The molecule has 0 aliphatic carbocycles. The maximum Gasteiger partial charge on any atom is 0.272 e. The van der Waals surface area contributed by atoms with Crippen molar-refractivity contribution in [3.05, 3.63) is 0 Å². The Kier molecular flexibility index (Phi) is 1.93. The Balaban J connectivity index is 2.14. The highest BCUT2D eigenvalue weighted by molar-refractivity contribution is 5.93. The molecule has 1 fully saturated rings. The van der Waals surface area contributed by atoms with E-state index in [0.717, 1.165) is 0 Å². The van der Waals surface area contributed by atoms with Gasteiger partial charge in [0.25, 0.3) is 5.95 Å². The third-order valence-corrected chi connectivity index (χ3v) is 2.11. The van der Waals surface area contributed by atoms with Crippen molar-refractivity contribution < 1.29 is 4.79 Å². The molecule has 2 rings (SSSR count). The van der Waals surface area contributed by atoms with E-state index in [9.17, 15) is 4.79 Å². The fourth-order valence-electron chi connectivity index (χ4n) is 1.40. The molecule has 1 aliphatic heterocycles. The average molecular weight is 182 g/mol. The van der Waals surface area contributed by atoms with E-state index < -0.39 is 0 Å². The minimum atomic E-state index is 0.0110. The minimum absolute atomic E-state index is 0.0110. The second-order valence-corrected chi connectivity index (χ2v) is 3.02. The molecule has 1 amide bonds. The molecule has 2 heterocycles. The molecule has 7 heteroatoms. The van der Waals surface area contributed by atoms with Crippen LogP contribution in [0.3, 0.4) is 0 Å². The van der Waals surface area contributed by atoms with Gasteiger partial charge in [0.05, 0.1) is 0 Å². The predicted molar refractivity (Wildman–Crippen MR) is 43.7 cm³/mol. The monoisotopic (exact) mass is 182 g/mol. The zero-order valence-electron chi connectivity index (χ0n) is 6.97. The lowest BCUT2D eigenvalue weighted by Gasteiger charge is -2.09. The van der Waals surface area contributed by atoms with Gasteiger partial charge in [-0.05, 0) is 17.7 Å². The van der Waals surface area contributed by atoms with Gasteiger partial charge in [0.15, 0.2) is 0 Å². The predicted octanol–water partition coefficient (Wildman–Crippen LogP) is -1.49. The van der Waals surface area contributed by atoms with E-state index in [-0.39, 0.29) is 11.8 Å². The normalized spacial score (nSPS) is 22.7. The molecule has 7 nitrogen and oxygen atoms in total. The number of carbonyl (C=O) groups is 1. The molecular formula is C6H10N6O. The van der Waals surface area contributed by atoms with Crippen molar-refractivity contribution in [2.75, 3.05) is 18.0 Å². The van der Waals surface area contributed by atoms with Crippen LogP contribution in [0.5, 0.6) is 0 Å². The number of rotatable bonds is 2. The number of hydrogen-bond acceptors (Lipinski definition) is 5. The third-order valence-electron chi connectivity index (χ3n) is 2.11. The van der Waals surface area contributed by atoms with Crippen molar-refractivity contribution in [1.82, 2.24) is 20.6 Å². The Bertz CT molecular complexity index is 296. The fraction of sp³-hybridized carbons (Fsp3) is 0.667. The van der Waals surface area contributed by atoms with Crippen LogP contribution < -0.4 is 10.6 Å². The van der Waals surface area contributed by atoms with Crippen molar-refractivity contribution in [3.8, 4) is 0 Å². The van der Waals surface area contributed by atoms with Gasteiger partial charge >= 0.3 is 0 Å². The first-order valence-corrected chi connectivity index (χ1v) is 4.05. The number of nitrogens with one attached hydrogen (secondary N) is 1. The zero-order valence-corrected chi connectivity index (χ0v) is 6.97. The van der Waals surface area contributed by atoms with Crippen LogP contribution in [0.15, 0.2) is 0 Å². The summed E-state index contributed by atoms with van der Waals surface area (Å²) in [6.45, 7) is 1.11. The summed E-state index contributed by atoms with van der Waals surface area (Å²) >= 11 is 0. The van der Waals surface area contributed by atoms with Gasteiger partial charge < -0.3 is 5.73 Å². The molecule has 3 N–H and O–H groups in total. The van der Waals surface area contributed by atoms with E-state index in [0.29, 0.717) is 25.5 Å². The number of nitrogens with zero attached hydrogens (tertiary/aromatic N) is 4. The molecule has 1 saturated heterocycles. The van der Waals surface area contributed by atoms with Gasteiger partial charge in [0.2, 0.25) is 5.91 Å². The van der Waals surface area contributed by atoms with Crippen LogP contribution in [-0.2, 0) is 4.79 Å². The molecule has 1 aromatic rings. The number of nitrogens with two attached hydrogens (primary N) is 1. The number of aromatic nitrogens is 4. The van der Waals surface area contributed by atoms with Crippen LogP contribution in [-0.4, -0.2) is 39.6 Å². The number of carbonyl (C=O) groups excluding carboxylic acids is 1. The minimum Gasteiger partial charge on any atom is -0.330 e. The number of tetrazole rings is 1. The molecule has 0 bridgehead atoms. The van der Waals surface area contributed by atoms with Gasteiger partial charge in [-0.3, -0.25) is 9.69 Å². The lowest BCUT2D eigenvalue weighted by atomic mass is 10.1. The van der Waals surface area contributed by atoms with Gasteiger partial charge in [-0.25, -0.2) is 0 Å². The van der Waals surface area contributed by atoms with Crippen LogP contribution in [0, 0.1) is 5.92 Å². The number of amides is 1. The van der Waals surface area contributed by atoms with Crippen LogP contribution >= 0.6 is 0 Å². The van der Waals surface area contributed by atoms with Crippen molar-refractivity contribution in [1.29, 1.82) is 0 Å². The lowest BCUT2D eigenvalue weighted by Crippen LogP contribution is -2.26. The molecule has 1 aromatic heterocycles. The maximum absolute atomic E-state index is 11.4. The highest BCUT2D eigenvalue weighted by Crippen LogP contribution is 2.19. The van der Waals surface area contributed by atoms with Gasteiger partial charge in [-0.1, -0.05) is 5.10 Å². The zero-order chi connectivity index (χ0) is 9.26. The summed E-state index contributed by atoms with van der Waals surface area (Å²) in [6, 6.07) is 0. The third kappa shape index (κ3) is 1.37. The Hall–Kier alpha value is -1.50. The van der Waals surface area contributed by atoms with E-state index >= 15 is 0 Å². The van der Waals surface area contributed by atoms with Crippen LogP contribution in [0.1, 0.15) is 6.42 Å². The first-order chi connectivity index (χ1) is 6.31. The number of H-pyrrole nitrogens is 1. The smallest absolute Gasteiger partial charge is 0.272 e. The summed E-state index contributed by atoms with van der Waals surface area (Å²) in [4.78, 5) is 12.9. The van der Waals surface area contributed by atoms with Crippen LogP contribution in [0.4, 0.5) is 5.95 Å². The highest BCUT2D eigenvalue weighted by atomic mass is 16.2. The quantitative estimate of drug-likeness (QED) is 0.580. The highest BCUT2D eigenvalue weighted by Gasteiger charge is 2.31. The topological polar surface area (TPSA) is 101 Å². The van der Waals surface area contributed by atoms with E-state index in [2.05, 4.69) is 20.6 Å². The molecule has 1 unspecified atom stereocenters. The Labute approximate surface area is 74.3 Å². The molecule has 0 radical (unpaired) electrons. The van der Waals surface area contributed by atoms with Crippen molar-refractivity contribution >= 4 is 11.9 Å². The first kappa shape index (κ1) is 8.11. The van der Waals surface area contributed by atoms with E-state index in [1.165, 1.54) is 4.90 Å². The van der Waals surface area contributed by atoms with E-state index in [4.69, 9.17) is 5.73 Å². The van der Waals surface area contributed by atoms with Crippen LogP contribution in [0.2, 0.25) is 0 Å². The summed E-state index contributed by atoms with van der Waals surface area (Å²) in [7, 11) is 0. The van der Waals surface area contributed by atoms with E-state index in [1.54, 1.807) is 0 Å². The van der Waals surface area contributed by atoms with E-state index in [1.807, 2.05) is 0 Å². The second kappa shape index (κ2) is 3.09. The van der Waals surface area contributed by atoms with Gasteiger partial charge in [0.1, 0.15) is 0 Å². The molecular weight excluding hydrogens is 172 g/mol. The van der Waals surface area contributed by atoms with Crippen molar-refractivity contribution in [2.24, 2.45) is 11.7 Å². The molecule has 70 valence electrons. The molecule has 1 atom stereocenters. The second-order valence-electron chi connectivity index (χ2n) is 3.02.